The first-order chi connectivity index (χ1) is 13.4. The number of imidazole rings is 1. The van der Waals surface area contributed by atoms with Gasteiger partial charge in [0.05, 0.1) is 19.5 Å². The van der Waals surface area contributed by atoms with Crippen LogP contribution in [-0.2, 0) is 9.47 Å². The summed E-state index contributed by atoms with van der Waals surface area (Å²) in [6.45, 7) is -1.03. The van der Waals surface area contributed by atoms with Crippen LogP contribution in [0.5, 0.6) is 0 Å². The molecule has 13 nitrogen and oxygen atoms in total. The van der Waals surface area contributed by atoms with E-state index in [4.69, 9.17) is 14.9 Å². The van der Waals surface area contributed by atoms with E-state index in [1.54, 1.807) is 0 Å². The maximum absolute atomic E-state index is 10.3. The number of ether oxygens (including phenoxy) is 2. The lowest BCUT2D eigenvalue weighted by molar-refractivity contribution is -0.0588. The van der Waals surface area contributed by atoms with Crippen LogP contribution < -0.4 is 5.49 Å². The second-order valence-corrected chi connectivity index (χ2v) is 6.78. The number of aliphatic hydroxyl groups is 6. The second kappa shape index (κ2) is 7.13. The molecule has 0 radical (unpaired) electrons. The van der Waals surface area contributed by atoms with E-state index in [0.717, 1.165) is 0 Å². The van der Waals surface area contributed by atoms with E-state index < -0.39 is 62.3 Å². The molecular formula is C15H21N5O8. The zero-order valence-electron chi connectivity index (χ0n) is 14.5. The second-order valence-electron chi connectivity index (χ2n) is 6.78. The molecule has 28 heavy (non-hydrogen) atoms. The van der Waals surface area contributed by atoms with Gasteiger partial charge in [-0.15, -0.1) is 0 Å². The molecule has 7 N–H and O–H groups in total. The lowest BCUT2D eigenvalue weighted by Crippen LogP contribution is -2.34. The molecule has 13 heteroatoms. The van der Waals surface area contributed by atoms with Crippen LogP contribution in [0.4, 0.5) is 0 Å². The monoisotopic (exact) mass is 399 g/mol. The number of aliphatic hydroxyl groups excluding tert-OH is 6. The Morgan fingerprint density at radius 1 is 0.821 bits per heavy atom. The highest BCUT2D eigenvalue weighted by molar-refractivity contribution is 5.69. The van der Waals surface area contributed by atoms with Crippen LogP contribution in [0.1, 0.15) is 12.5 Å². The van der Waals surface area contributed by atoms with Crippen LogP contribution in [-0.4, -0.2) is 99.6 Å². The molecule has 8 atom stereocenters. The smallest absolute Gasteiger partial charge is 0.176 e. The van der Waals surface area contributed by atoms with Crippen molar-refractivity contribution in [1.82, 2.24) is 19.1 Å². The fourth-order valence-electron chi connectivity index (χ4n) is 3.61. The molecule has 2 aromatic rings. The molecule has 154 valence electrons. The molecule has 2 aliphatic heterocycles. The van der Waals surface area contributed by atoms with E-state index in [-0.39, 0.29) is 16.7 Å². The van der Waals surface area contributed by atoms with Gasteiger partial charge in [0, 0.05) is 0 Å². The summed E-state index contributed by atoms with van der Waals surface area (Å²) in [5.41, 5.74) is 0.0751. The highest BCUT2D eigenvalue weighted by Crippen LogP contribution is 2.34. The number of hydrogen-bond acceptors (Lipinski definition) is 11. The van der Waals surface area contributed by atoms with Crippen molar-refractivity contribution in [3.8, 4) is 0 Å². The molecule has 0 aliphatic carbocycles. The summed E-state index contributed by atoms with van der Waals surface area (Å²) in [7, 11) is 0. The van der Waals surface area contributed by atoms with Gasteiger partial charge in [0.25, 0.3) is 0 Å². The Kier molecular flexibility index (Phi) is 4.93. The van der Waals surface area contributed by atoms with Gasteiger partial charge in [-0.3, -0.25) is 14.5 Å². The van der Waals surface area contributed by atoms with Gasteiger partial charge in [0.15, 0.2) is 23.5 Å². The number of nitrogens with zero attached hydrogens (tertiary/aromatic N) is 4. The Bertz CT molecular complexity index is 917. The Balaban J connectivity index is 1.83. The first-order valence-corrected chi connectivity index (χ1v) is 8.62. The van der Waals surface area contributed by atoms with Crippen molar-refractivity contribution >= 4 is 11.2 Å². The fraction of sp³-hybridized carbons (Fsp3) is 0.667. The Morgan fingerprint density at radius 3 is 1.71 bits per heavy atom. The van der Waals surface area contributed by atoms with Crippen LogP contribution in [0.15, 0.2) is 12.7 Å². The first kappa shape index (κ1) is 19.4. The van der Waals surface area contributed by atoms with E-state index >= 15 is 0 Å². The van der Waals surface area contributed by atoms with Crippen LogP contribution in [0.25, 0.3) is 11.2 Å². The predicted octanol–water partition coefficient (Wildman–Crippen LogP) is -4.06. The van der Waals surface area contributed by atoms with Crippen molar-refractivity contribution < 1.29 is 40.1 Å². The van der Waals surface area contributed by atoms with E-state index in [1.165, 1.54) is 21.8 Å². The average Bonchev–Trinajstić information content (AvgIpc) is 3.33. The predicted molar refractivity (Wildman–Crippen MR) is 87.4 cm³/mol. The fourth-order valence-corrected chi connectivity index (χ4v) is 3.61. The topological polar surface area (TPSA) is 199 Å². The third-order valence-corrected chi connectivity index (χ3v) is 5.13. The minimum Gasteiger partial charge on any atom is -0.394 e. The Morgan fingerprint density at radius 2 is 1.29 bits per heavy atom. The number of nitrogens with one attached hydrogen (secondary N) is 1. The molecule has 0 bridgehead atoms. The molecule has 0 spiro atoms. The third kappa shape index (κ3) is 2.75. The molecule has 0 aromatic carbocycles. The van der Waals surface area contributed by atoms with Gasteiger partial charge in [-0.05, 0) is 0 Å². The van der Waals surface area contributed by atoms with Crippen molar-refractivity contribution in [2.24, 2.45) is 0 Å². The van der Waals surface area contributed by atoms with Crippen molar-refractivity contribution in [2.45, 2.75) is 49.1 Å². The summed E-state index contributed by atoms with van der Waals surface area (Å²) in [5.74, 6) is 0. The summed E-state index contributed by atoms with van der Waals surface area (Å²) < 4.78 is 13.7. The van der Waals surface area contributed by atoms with Crippen molar-refractivity contribution in [2.75, 3.05) is 13.2 Å². The van der Waals surface area contributed by atoms with Gasteiger partial charge in [0.1, 0.15) is 48.6 Å². The molecule has 4 heterocycles. The van der Waals surface area contributed by atoms with Crippen molar-refractivity contribution in [1.29, 1.82) is 5.41 Å². The number of aromatic nitrogens is 4. The summed E-state index contributed by atoms with van der Waals surface area (Å²) >= 11 is 0. The van der Waals surface area contributed by atoms with Crippen molar-refractivity contribution in [3.63, 3.8) is 0 Å². The highest BCUT2D eigenvalue weighted by atomic mass is 16.6. The van der Waals surface area contributed by atoms with Gasteiger partial charge < -0.3 is 40.1 Å². The summed E-state index contributed by atoms with van der Waals surface area (Å²) in [5, 5.41) is 67.3. The van der Waals surface area contributed by atoms with E-state index in [0.29, 0.717) is 0 Å². The van der Waals surface area contributed by atoms with Gasteiger partial charge in [-0.25, -0.2) is 9.97 Å². The first-order valence-electron chi connectivity index (χ1n) is 8.62. The number of fused-ring (bicyclic) bond motifs is 1. The Hall–Kier alpha value is -1.97. The van der Waals surface area contributed by atoms with Crippen molar-refractivity contribution in [3.05, 3.63) is 18.1 Å². The van der Waals surface area contributed by atoms with Crippen LogP contribution in [0.3, 0.4) is 0 Å². The number of rotatable bonds is 4. The molecule has 2 aromatic heterocycles. The SMILES string of the molecule is N=c1ncn(C2O[C@H](CO)[C@H](O)[C@H]2O)c2c1ncn2[C@@H]1O[C@H](CO)[C@@H](O)[C@H]1O. The van der Waals surface area contributed by atoms with Gasteiger partial charge >= 0.3 is 0 Å². The van der Waals surface area contributed by atoms with Crippen LogP contribution in [0, 0.1) is 5.41 Å². The van der Waals surface area contributed by atoms with Gasteiger partial charge in [-0.1, -0.05) is 0 Å². The quantitative estimate of drug-likeness (QED) is 0.265. The summed E-state index contributed by atoms with van der Waals surface area (Å²) in [6.07, 6.45) is -7.36. The normalized spacial score (nSPS) is 38.5. The Labute approximate surface area is 157 Å². The largest absolute Gasteiger partial charge is 0.394 e. The van der Waals surface area contributed by atoms with Crippen LogP contribution in [0.2, 0.25) is 0 Å². The zero-order chi connectivity index (χ0) is 20.2. The van der Waals surface area contributed by atoms with E-state index in [1.807, 2.05) is 0 Å². The van der Waals surface area contributed by atoms with E-state index in [9.17, 15) is 30.6 Å². The molecule has 0 saturated carbocycles. The maximum atomic E-state index is 10.3. The summed E-state index contributed by atoms with van der Waals surface area (Å²) in [6, 6.07) is 0. The number of hydrogen-bond donors (Lipinski definition) is 7. The summed E-state index contributed by atoms with van der Waals surface area (Å²) in [4.78, 5) is 7.99. The van der Waals surface area contributed by atoms with Crippen LogP contribution >= 0.6 is 0 Å². The standard InChI is InChI=1S/C15H21N5O8/c16-12-7-13(19(3-17-7)14-10(25)8(23)5(1-21)27-14)20(4-18-12)15-11(26)9(24)6(2-22)28-15/h3-6,8-11,14-16,21-26H,1-2H2/t5-,6-,8-,9+,10-,11-,14-,15?/m1/s1. The molecule has 0 amide bonds. The van der Waals surface area contributed by atoms with E-state index in [2.05, 4.69) is 9.97 Å². The lowest BCUT2D eigenvalue weighted by atomic mass is 10.1. The van der Waals surface area contributed by atoms with Gasteiger partial charge in [0.2, 0.25) is 0 Å². The molecule has 4 rings (SSSR count). The minimum atomic E-state index is -1.41. The minimum absolute atomic E-state index is 0.0953. The third-order valence-electron chi connectivity index (χ3n) is 5.13. The lowest BCUT2D eigenvalue weighted by Gasteiger charge is -2.23. The molecule has 2 fully saturated rings. The maximum Gasteiger partial charge on any atom is 0.176 e. The average molecular weight is 399 g/mol. The molecule has 2 aliphatic rings. The zero-order valence-corrected chi connectivity index (χ0v) is 14.5. The molecule has 2 saturated heterocycles. The molecule has 1 unspecified atom stereocenters. The van der Waals surface area contributed by atoms with Gasteiger partial charge in [-0.2, -0.15) is 0 Å². The molecular weight excluding hydrogens is 378 g/mol. The highest BCUT2D eigenvalue weighted by Gasteiger charge is 2.46.